The maximum atomic E-state index is 12.5. The van der Waals surface area contributed by atoms with Crippen LogP contribution in [0.4, 0.5) is 5.69 Å². The van der Waals surface area contributed by atoms with Crippen molar-refractivity contribution in [2.24, 2.45) is 0 Å². The van der Waals surface area contributed by atoms with Crippen molar-refractivity contribution < 1.29 is 17.9 Å². The fourth-order valence-corrected chi connectivity index (χ4v) is 4.02. The molecule has 2 rings (SSSR count). The third-order valence-corrected chi connectivity index (χ3v) is 5.19. The molecule has 1 aromatic carbocycles. The van der Waals surface area contributed by atoms with Gasteiger partial charge in [-0.2, -0.15) is 0 Å². The number of ether oxygens (including phenoxy) is 2. The molecule has 2 unspecified atom stereocenters. The summed E-state index contributed by atoms with van der Waals surface area (Å²) in [4.78, 5) is 0.131. The van der Waals surface area contributed by atoms with Crippen LogP contribution in [0.3, 0.4) is 0 Å². The Hall–Kier alpha value is -1.27. The van der Waals surface area contributed by atoms with Gasteiger partial charge in [0, 0.05) is 6.07 Å². The third kappa shape index (κ3) is 3.43. The van der Waals surface area contributed by atoms with Gasteiger partial charge in [-0.1, -0.05) is 0 Å². The zero-order chi connectivity index (χ0) is 14.8. The molecule has 0 spiro atoms. The second-order valence-electron chi connectivity index (χ2n) is 5.06. The highest BCUT2D eigenvalue weighted by Gasteiger charge is 2.29. The first-order chi connectivity index (χ1) is 9.42. The Bertz CT molecular complexity index is 571. The van der Waals surface area contributed by atoms with Crippen LogP contribution in [0.2, 0.25) is 0 Å². The Morgan fingerprint density at radius 2 is 2.15 bits per heavy atom. The van der Waals surface area contributed by atoms with Crippen molar-refractivity contribution in [3.8, 4) is 5.75 Å². The summed E-state index contributed by atoms with van der Waals surface area (Å²) in [6.45, 7) is 4.28. The molecule has 0 amide bonds. The Balaban J connectivity index is 2.22. The molecule has 2 N–H and O–H groups in total. The van der Waals surface area contributed by atoms with Crippen LogP contribution in [-0.4, -0.2) is 33.0 Å². The van der Waals surface area contributed by atoms with Crippen LogP contribution in [0.25, 0.3) is 0 Å². The van der Waals surface area contributed by atoms with Gasteiger partial charge < -0.3 is 15.2 Å². The number of nitrogen functional groups attached to an aromatic ring is 1. The first kappa shape index (κ1) is 15.1. The lowest BCUT2D eigenvalue weighted by Gasteiger charge is -2.14. The van der Waals surface area contributed by atoms with E-state index in [1.54, 1.807) is 12.1 Å². The number of nitrogens with two attached hydrogens (primary N) is 1. The molecule has 0 bridgehead atoms. The molecule has 0 aliphatic carbocycles. The predicted molar refractivity (Wildman–Crippen MR) is 77.6 cm³/mol. The van der Waals surface area contributed by atoms with E-state index in [0.717, 1.165) is 12.8 Å². The summed E-state index contributed by atoms with van der Waals surface area (Å²) >= 11 is 0. The molecule has 6 heteroatoms. The Labute approximate surface area is 120 Å². The first-order valence-electron chi connectivity index (χ1n) is 6.83. The smallest absolute Gasteiger partial charge is 0.183 e. The van der Waals surface area contributed by atoms with E-state index in [1.807, 2.05) is 13.8 Å². The number of hydrogen-bond acceptors (Lipinski definition) is 5. The Kier molecular flexibility index (Phi) is 4.55. The second kappa shape index (κ2) is 6.01. The number of sulfone groups is 1. The van der Waals surface area contributed by atoms with Crippen molar-refractivity contribution in [1.29, 1.82) is 0 Å². The van der Waals surface area contributed by atoms with Gasteiger partial charge in [0.05, 0.1) is 35.2 Å². The van der Waals surface area contributed by atoms with E-state index >= 15 is 0 Å². The highest BCUT2D eigenvalue weighted by molar-refractivity contribution is 7.91. The second-order valence-corrected chi connectivity index (χ2v) is 7.06. The largest absolute Gasteiger partial charge is 0.494 e. The highest BCUT2D eigenvalue weighted by Crippen LogP contribution is 2.28. The lowest BCUT2D eigenvalue weighted by Crippen LogP contribution is -2.22. The molecule has 112 valence electrons. The van der Waals surface area contributed by atoms with Crippen molar-refractivity contribution in [3.63, 3.8) is 0 Å². The van der Waals surface area contributed by atoms with Gasteiger partial charge in [0.1, 0.15) is 5.75 Å². The monoisotopic (exact) mass is 299 g/mol. The molecule has 1 aromatic rings. The molecular formula is C14H21NO4S. The van der Waals surface area contributed by atoms with Crippen LogP contribution in [0.5, 0.6) is 5.75 Å². The molecule has 1 fully saturated rings. The van der Waals surface area contributed by atoms with E-state index < -0.39 is 9.84 Å². The first-order valence-corrected chi connectivity index (χ1v) is 8.48. The normalized spacial score (nSPS) is 22.9. The zero-order valence-electron chi connectivity index (χ0n) is 11.8. The van der Waals surface area contributed by atoms with Gasteiger partial charge in [-0.25, -0.2) is 8.42 Å². The standard InChI is InChI=1S/C14H21NO4S/c1-3-18-11-6-7-13(15)14(8-11)20(16,17)9-12-5-4-10(2)19-12/h6-8,10,12H,3-5,9,15H2,1-2H3. The Morgan fingerprint density at radius 1 is 1.40 bits per heavy atom. The average Bonchev–Trinajstić information content (AvgIpc) is 2.76. The van der Waals surface area contributed by atoms with Crippen LogP contribution in [0, 0.1) is 0 Å². The number of rotatable bonds is 5. The number of anilines is 1. The van der Waals surface area contributed by atoms with Crippen molar-refractivity contribution in [2.45, 2.75) is 43.8 Å². The van der Waals surface area contributed by atoms with E-state index in [-0.39, 0.29) is 28.5 Å². The van der Waals surface area contributed by atoms with Crippen LogP contribution in [0.15, 0.2) is 23.1 Å². The topological polar surface area (TPSA) is 78.6 Å². The minimum Gasteiger partial charge on any atom is -0.494 e. The third-order valence-electron chi connectivity index (χ3n) is 3.36. The van der Waals surface area contributed by atoms with E-state index in [1.165, 1.54) is 6.07 Å². The van der Waals surface area contributed by atoms with E-state index in [2.05, 4.69) is 0 Å². The van der Waals surface area contributed by atoms with Gasteiger partial charge in [-0.15, -0.1) is 0 Å². The van der Waals surface area contributed by atoms with Gasteiger partial charge in [-0.3, -0.25) is 0 Å². The number of hydrogen-bond donors (Lipinski definition) is 1. The fourth-order valence-electron chi connectivity index (χ4n) is 2.38. The van der Waals surface area contributed by atoms with Gasteiger partial charge in [-0.05, 0) is 38.8 Å². The van der Waals surface area contributed by atoms with Crippen LogP contribution >= 0.6 is 0 Å². The summed E-state index contributed by atoms with van der Waals surface area (Å²) in [5.74, 6) is 0.484. The predicted octanol–water partition coefficient (Wildman–Crippen LogP) is 2.01. The minimum absolute atomic E-state index is 0.0306. The summed E-state index contributed by atoms with van der Waals surface area (Å²) in [7, 11) is -3.47. The van der Waals surface area contributed by atoms with Gasteiger partial charge in [0.25, 0.3) is 0 Å². The lowest BCUT2D eigenvalue weighted by molar-refractivity contribution is 0.0690. The van der Waals surface area contributed by atoms with Crippen molar-refractivity contribution in [1.82, 2.24) is 0 Å². The van der Waals surface area contributed by atoms with Gasteiger partial charge in [0.15, 0.2) is 9.84 Å². The van der Waals surface area contributed by atoms with Crippen molar-refractivity contribution >= 4 is 15.5 Å². The Morgan fingerprint density at radius 3 is 2.75 bits per heavy atom. The maximum Gasteiger partial charge on any atom is 0.183 e. The molecule has 1 aliphatic heterocycles. The summed E-state index contributed by atoms with van der Waals surface area (Å²) in [5, 5.41) is 0. The van der Waals surface area contributed by atoms with E-state index in [4.69, 9.17) is 15.2 Å². The van der Waals surface area contributed by atoms with Crippen molar-refractivity contribution in [2.75, 3.05) is 18.1 Å². The molecule has 2 atom stereocenters. The average molecular weight is 299 g/mol. The van der Waals surface area contributed by atoms with Gasteiger partial charge >= 0.3 is 0 Å². The summed E-state index contributed by atoms with van der Waals surface area (Å²) in [6.07, 6.45) is 1.55. The quantitative estimate of drug-likeness (QED) is 0.841. The zero-order valence-corrected chi connectivity index (χ0v) is 12.7. The van der Waals surface area contributed by atoms with Crippen LogP contribution < -0.4 is 10.5 Å². The molecule has 1 saturated heterocycles. The summed E-state index contributed by atoms with van der Waals surface area (Å²) in [5.41, 5.74) is 6.05. The molecule has 20 heavy (non-hydrogen) atoms. The maximum absolute atomic E-state index is 12.5. The van der Waals surface area contributed by atoms with E-state index in [9.17, 15) is 8.42 Å². The molecule has 1 aliphatic rings. The molecule has 0 radical (unpaired) electrons. The van der Waals surface area contributed by atoms with Crippen molar-refractivity contribution in [3.05, 3.63) is 18.2 Å². The van der Waals surface area contributed by atoms with E-state index in [0.29, 0.717) is 12.4 Å². The molecule has 0 aromatic heterocycles. The number of benzene rings is 1. The molecule has 5 nitrogen and oxygen atoms in total. The summed E-state index contributed by atoms with van der Waals surface area (Å²) < 4.78 is 35.8. The van der Waals surface area contributed by atoms with Crippen LogP contribution in [0.1, 0.15) is 26.7 Å². The SMILES string of the molecule is CCOc1ccc(N)c(S(=O)(=O)CC2CCC(C)O2)c1. The minimum atomic E-state index is -3.47. The molecule has 0 saturated carbocycles. The fraction of sp³-hybridized carbons (Fsp3) is 0.571. The van der Waals surface area contributed by atoms with Crippen LogP contribution in [-0.2, 0) is 14.6 Å². The summed E-state index contributed by atoms with van der Waals surface area (Å²) in [6, 6.07) is 4.73. The van der Waals surface area contributed by atoms with Gasteiger partial charge in [0.2, 0.25) is 0 Å². The highest BCUT2D eigenvalue weighted by atomic mass is 32.2. The molecule has 1 heterocycles. The molecular weight excluding hydrogens is 278 g/mol. The lowest BCUT2D eigenvalue weighted by atomic mass is 10.2.